The lowest BCUT2D eigenvalue weighted by Crippen LogP contribution is -2.19. The smallest absolute Gasteiger partial charge is 0.0230 e. The van der Waals surface area contributed by atoms with Crippen LogP contribution in [0, 0.1) is 0 Å². The number of hydrogen-bond donors (Lipinski definition) is 1. The molecule has 0 aliphatic carbocycles. The van der Waals surface area contributed by atoms with Gasteiger partial charge in [0.2, 0.25) is 0 Å². The molecule has 0 spiro atoms. The van der Waals surface area contributed by atoms with Gasteiger partial charge in [-0.15, -0.1) is 0 Å². The molecule has 0 saturated carbocycles. The fourth-order valence-corrected chi connectivity index (χ4v) is 1.98. The van der Waals surface area contributed by atoms with E-state index in [0.717, 1.165) is 13.0 Å². The van der Waals surface area contributed by atoms with Gasteiger partial charge in [0.1, 0.15) is 0 Å². The Kier molecular flexibility index (Phi) is 5.12. The summed E-state index contributed by atoms with van der Waals surface area (Å²) in [6, 6.07) is 4.53. The molecular weight excluding hydrogens is 192 g/mol. The highest BCUT2D eigenvalue weighted by Crippen LogP contribution is 2.07. The summed E-state index contributed by atoms with van der Waals surface area (Å²) in [6.45, 7) is 3.18. The van der Waals surface area contributed by atoms with Crippen molar-refractivity contribution >= 4 is 11.8 Å². The minimum Gasteiger partial charge on any atom is -0.351 e. The molecule has 14 heavy (non-hydrogen) atoms. The van der Waals surface area contributed by atoms with E-state index in [2.05, 4.69) is 36.1 Å². The Labute approximate surface area is 90.9 Å². The van der Waals surface area contributed by atoms with Crippen LogP contribution in [0.5, 0.6) is 0 Å². The quantitative estimate of drug-likeness (QED) is 0.732. The van der Waals surface area contributed by atoms with Crippen molar-refractivity contribution in [2.24, 2.45) is 5.73 Å². The fourth-order valence-electron chi connectivity index (χ4n) is 1.56. The maximum absolute atomic E-state index is 5.79. The van der Waals surface area contributed by atoms with Gasteiger partial charge in [-0.05, 0) is 37.5 Å². The zero-order valence-electron chi connectivity index (χ0n) is 9.07. The van der Waals surface area contributed by atoms with E-state index in [0.29, 0.717) is 0 Å². The van der Waals surface area contributed by atoms with Crippen LogP contribution in [0.4, 0.5) is 0 Å². The largest absolute Gasteiger partial charge is 0.351 e. The standard InChI is InChI=1S/C11H20N2S/c1-10(12)9-11-5-3-6-13(11)7-4-8-14-2/h3,5-6,10H,4,7-9,12H2,1-2H3. The predicted octanol–water partition coefficient (Wildman–Crippen LogP) is 2.13. The first-order valence-electron chi connectivity index (χ1n) is 5.12. The van der Waals surface area contributed by atoms with Crippen molar-refractivity contribution in [3.05, 3.63) is 24.0 Å². The molecule has 2 N–H and O–H groups in total. The third-order valence-corrected chi connectivity index (χ3v) is 2.90. The molecule has 0 aromatic carbocycles. The van der Waals surface area contributed by atoms with Crippen molar-refractivity contribution in [3.63, 3.8) is 0 Å². The molecule has 2 nitrogen and oxygen atoms in total. The van der Waals surface area contributed by atoms with Crippen LogP contribution in [0.25, 0.3) is 0 Å². The van der Waals surface area contributed by atoms with E-state index >= 15 is 0 Å². The van der Waals surface area contributed by atoms with E-state index in [4.69, 9.17) is 5.73 Å². The number of aryl methyl sites for hydroxylation is 1. The molecule has 0 amide bonds. The third-order valence-electron chi connectivity index (χ3n) is 2.20. The Hall–Kier alpha value is -0.410. The Bertz CT molecular complexity index is 256. The third kappa shape index (κ3) is 3.76. The first-order chi connectivity index (χ1) is 6.74. The van der Waals surface area contributed by atoms with Gasteiger partial charge in [0.25, 0.3) is 0 Å². The van der Waals surface area contributed by atoms with Crippen LogP contribution in [0.3, 0.4) is 0 Å². The Morgan fingerprint density at radius 3 is 3.00 bits per heavy atom. The van der Waals surface area contributed by atoms with Crippen LogP contribution in [0.2, 0.25) is 0 Å². The Balaban J connectivity index is 2.45. The molecule has 0 saturated heterocycles. The van der Waals surface area contributed by atoms with Gasteiger partial charge in [-0.3, -0.25) is 0 Å². The summed E-state index contributed by atoms with van der Waals surface area (Å²) >= 11 is 1.91. The highest BCUT2D eigenvalue weighted by Gasteiger charge is 2.02. The van der Waals surface area contributed by atoms with Crippen molar-refractivity contribution in [2.45, 2.75) is 32.4 Å². The van der Waals surface area contributed by atoms with Crippen LogP contribution in [-0.4, -0.2) is 22.6 Å². The molecule has 1 unspecified atom stereocenters. The zero-order valence-corrected chi connectivity index (χ0v) is 9.89. The van der Waals surface area contributed by atoms with Gasteiger partial charge >= 0.3 is 0 Å². The van der Waals surface area contributed by atoms with Crippen LogP contribution in [0.15, 0.2) is 18.3 Å². The molecule has 1 aromatic heterocycles. The zero-order chi connectivity index (χ0) is 10.4. The van der Waals surface area contributed by atoms with Gasteiger partial charge in [0.15, 0.2) is 0 Å². The van der Waals surface area contributed by atoms with Gasteiger partial charge in [0, 0.05) is 30.9 Å². The number of nitrogens with zero attached hydrogens (tertiary/aromatic N) is 1. The van der Waals surface area contributed by atoms with Crippen molar-refractivity contribution in [1.82, 2.24) is 4.57 Å². The minimum atomic E-state index is 0.254. The number of aromatic nitrogens is 1. The molecule has 1 atom stereocenters. The van der Waals surface area contributed by atoms with Gasteiger partial charge in [-0.25, -0.2) is 0 Å². The summed E-state index contributed by atoms with van der Waals surface area (Å²) in [6.07, 6.45) is 6.52. The van der Waals surface area contributed by atoms with Gasteiger partial charge < -0.3 is 10.3 Å². The Morgan fingerprint density at radius 1 is 1.57 bits per heavy atom. The van der Waals surface area contributed by atoms with E-state index < -0.39 is 0 Å². The van der Waals surface area contributed by atoms with Crippen molar-refractivity contribution in [2.75, 3.05) is 12.0 Å². The fraction of sp³-hybridized carbons (Fsp3) is 0.636. The average Bonchev–Trinajstić information content (AvgIpc) is 2.52. The van der Waals surface area contributed by atoms with Crippen LogP contribution < -0.4 is 5.73 Å². The van der Waals surface area contributed by atoms with E-state index in [1.165, 1.54) is 17.9 Å². The molecule has 0 aliphatic rings. The maximum atomic E-state index is 5.79. The maximum Gasteiger partial charge on any atom is 0.0230 e. The second kappa shape index (κ2) is 6.14. The summed E-state index contributed by atoms with van der Waals surface area (Å²) in [4.78, 5) is 0. The number of rotatable bonds is 6. The number of hydrogen-bond acceptors (Lipinski definition) is 2. The average molecular weight is 212 g/mol. The van der Waals surface area contributed by atoms with E-state index in [-0.39, 0.29) is 6.04 Å². The van der Waals surface area contributed by atoms with Crippen molar-refractivity contribution < 1.29 is 0 Å². The second-order valence-electron chi connectivity index (χ2n) is 3.72. The minimum absolute atomic E-state index is 0.254. The molecular formula is C11H20N2S. The van der Waals surface area contributed by atoms with Crippen LogP contribution in [0.1, 0.15) is 19.0 Å². The van der Waals surface area contributed by atoms with Crippen molar-refractivity contribution in [1.29, 1.82) is 0 Å². The lowest BCUT2D eigenvalue weighted by Gasteiger charge is -2.10. The highest BCUT2D eigenvalue weighted by atomic mass is 32.2. The second-order valence-corrected chi connectivity index (χ2v) is 4.71. The van der Waals surface area contributed by atoms with E-state index in [9.17, 15) is 0 Å². The molecule has 1 rings (SSSR count). The first-order valence-corrected chi connectivity index (χ1v) is 6.52. The SMILES string of the molecule is CSCCCn1cccc1CC(C)N. The summed E-state index contributed by atoms with van der Waals surface area (Å²) in [5.74, 6) is 1.23. The van der Waals surface area contributed by atoms with Crippen molar-refractivity contribution in [3.8, 4) is 0 Å². The highest BCUT2D eigenvalue weighted by molar-refractivity contribution is 7.98. The molecule has 0 fully saturated rings. The topological polar surface area (TPSA) is 30.9 Å². The number of thioether (sulfide) groups is 1. The van der Waals surface area contributed by atoms with Crippen LogP contribution >= 0.6 is 11.8 Å². The predicted molar refractivity (Wildman–Crippen MR) is 64.8 cm³/mol. The molecule has 0 radical (unpaired) electrons. The molecule has 0 bridgehead atoms. The van der Waals surface area contributed by atoms with Gasteiger partial charge in [0.05, 0.1) is 0 Å². The van der Waals surface area contributed by atoms with Gasteiger partial charge in [-0.1, -0.05) is 0 Å². The molecule has 1 aromatic rings. The summed E-state index contributed by atoms with van der Waals surface area (Å²) in [5, 5.41) is 0. The normalized spacial score (nSPS) is 13.1. The van der Waals surface area contributed by atoms with Crippen LogP contribution in [-0.2, 0) is 13.0 Å². The lowest BCUT2D eigenvalue weighted by atomic mass is 10.2. The van der Waals surface area contributed by atoms with E-state index in [1.54, 1.807) is 0 Å². The summed E-state index contributed by atoms with van der Waals surface area (Å²) in [5.41, 5.74) is 7.15. The monoisotopic (exact) mass is 212 g/mol. The van der Waals surface area contributed by atoms with E-state index in [1.807, 2.05) is 11.8 Å². The summed E-state index contributed by atoms with van der Waals surface area (Å²) < 4.78 is 2.32. The van der Waals surface area contributed by atoms with Gasteiger partial charge in [-0.2, -0.15) is 11.8 Å². The Morgan fingerprint density at radius 2 is 2.36 bits per heavy atom. The summed E-state index contributed by atoms with van der Waals surface area (Å²) in [7, 11) is 0. The number of nitrogens with two attached hydrogens (primary N) is 1. The molecule has 1 heterocycles. The molecule has 80 valence electrons. The molecule has 3 heteroatoms. The lowest BCUT2D eigenvalue weighted by molar-refractivity contribution is 0.621. The molecule has 0 aliphatic heterocycles. The first kappa shape index (κ1) is 11.7.